The molecule has 0 saturated heterocycles. The minimum atomic E-state index is -0.167. The summed E-state index contributed by atoms with van der Waals surface area (Å²) in [6.07, 6.45) is 3.05. The van der Waals surface area contributed by atoms with Crippen LogP contribution in [0.15, 0.2) is 49.1 Å². The molecule has 1 N–H and O–H groups in total. The molecule has 2 heterocycles. The molecule has 1 aromatic carbocycles. The van der Waals surface area contributed by atoms with Gasteiger partial charge in [0.2, 0.25) is 0 Å². The van der Waals surface area contributed by atoms with E-state index in [0.717, 1.165) is 17.1 Å². The van der Waals surface area contributed by atoms with Gasteiger partial charge >= 0.3 is 0 Å². The maximum atomic E-state index is 12.4. The molecule has 2 aromatic heterocycles. The number of nitrogens with one attached hydrogen (secondary N) is 1. The summed E-state index contributed by atoms with van der Waals surface area (Å²) in [4.78, 5) is 16.3. The van der Waals surface area contributed by atoms with Crippen molar-refractivity contribution in [2.45, 2.75) is 13.8 Å². The van der Waals surface area contributed by atoms with Gasteiger partial charge in [-0.15, -0.1) is 0 Å². The Hall–Kier alpha value is -2.89. The third-order valence-electron chi connectivity index (χ3n) is 3.28. The number of hydrogen-bond acceptors (Lipinski definition) is 3. The first-order chi connectivity index (χ1) is 10.1. The first-order valence-electron chi connectivity index (χ1n) is 6.56. The van der Waals surface area contributed by atoms with Gasteiger partial charge in [-0.3, -0.25) is 14.9 Å². The summed E-state index contributed by atoms with van der Waals surface area (Å²) < 4.78 is 3.38. The van der Waals surface area contributed by atoms with Gasteiger partial charge in [-0.25, -0.2) is 9.67 Å². The number of aromatic nitrogens is 4. The number of amides is 1. The quantitative estimate of drug-likeness (QED) is 0.799. The fourth-order valence-corrected chi connectivity index (χ4v) is 2.14. The Kier molecular flexibility index (Phi) is 3.27. The molecule has 0 spiro atoms. The molecule has 0 unspecified atom stereocenters. The molecule has 21 heavy (non-hydrogen) atoms. The number of benzene rings is 1. The maximum absolute atomic E-state index is 12.4. The van der Waals surface area contributed by atoms with Gasteiger partial charge in [0.15, 0.2) is 0 Å². The lowest BCUT2D eigenvalue weighted by atomic mass is 10.2. The summed E-state index contributed by atoms with van der Waals surface area (Å²) in [5.74, 6) is -0.167. The van der Waals surface area contributed by atoms with E-state index >= 15 is 0 Å². The van der Waals surface area contributed by atoms with E-state index in [2.05, 4.69) is 15.5 Å². The molecule has 1 amide bonds. The van der Waals surface area contributed by atoms with Crippen molar-refractivity contribution in [2.75, 3.05) is 5.43 Å². The molecule has 0 fully saturated rings. The van der Waals surface area contributed by atoms with E-state index < -0.39 is 0 Å². The zero-order chi connectivity index (χ0) is 14.8. The number of rotatable bonds is 3. The van der Waals surface area contributed by atoms with E-state index in [1.54, 1.807) is 27.8 Å². The maximum Gasteiger partial charge on any atom is 0.270 e. The van der Waals surface area contributed by atoms with Gasteiger partial charge in [0.25, 0.3) is 5.91 Å². The second kappa shape index (κ2) is 5.24. The Balaban J connectivity index is 1.87. The SMILES string of the molecule is Cc1ccc(C)n1NC(=O)c1cccc(-n2cncn2)c1. The Morgan fingerprint density at radius 1 is 1.14 bits per heavy atom. The molecular formula is C15H15N5O. The molecule has 106 valence electrons. The van der Waals surface area contributed by atoms with Crippen molar-refractivity contribution in [3.63, 3.8) is 0 Å². The van der Waals surface area contributed by atoms with Crippen molar-refractivity contribution in [1.29, 1.82) is 0 Å². The van der Waals surface area contributed by atoms with Crippen molar-refractivity contribution in [2.24, 2.45) is 0 Å². The summed E-state index contributed by atoms with van der Waals surface area (Å²) in [6.45, 7) is 3.89. The van der Waals surface area contributed by atoms with Crippen LogP contribution in [0.5, 0.6) is 0 Å². The Morgan fingerprint density at radius 2 is 1.90 bits per heavy atom. The average molecular weight is 281 g/mol. The number of carbonyl (C=O) groups is 1. The van der Waals surface area contributed by atoms with Gasteiger partial charge < -0.3 is 0 Å². The third-order valence-corrected chi connectivity index (χ3v) is 3.28. The Morgan fingerprint density at radius 3 is 2.57 bits per heavy atom. The highest BCUT2D eigenvalue weighted by atomic mass is 16.2. The largest absolute Gasteiger partial charge is 0.270 e. The van der Waals surface area contributed by atoms with Crippen LogP contribution in [0.2, 0.25) is 0 Å². The molecule has 6 heteroatoms. The molecule has 0 aliphatic rings. The van der Waals surface area contributed by atoms with Crippen LogP contribution in [0.1, 0.15) is 21.7 Å². The van der Waals surface area contributed by atoms with Gasteiger partial charge in [-0.1, -0.05) is 6.07 Å². The average Bonchev–Trinajstić information content (AvgIpc) is 3.13. The van der Waals surface area contributed by atoms with Crippen molar-refractivity contribution in [1.82, 2.24) is 19.4 Å². The molecule has 0 atom stereocenters. The lowest BCUT2D eigenvalue weighted by Gasteiger charge is -2.11. The van der Waals surface area contributed by atoms with Crippen molar-refractivity contribution < 1.29 is 4.79 Å². The molecule has 3 aromatic rings. The monoisotopic (exact) mass is 281 g/mol. The van der Waals surface area contributed by atoms with Crippen LogP contribution in [0.4, 0.5) is 0 Å². The van der Waals surface area contributed by atoms with Crippen LogP contribution < -0.4 is 5.43 Å². The molecule has 0 aliphatic heterocycles. The van der Waals surface area contributed by atoms with Crippen molar-refractivity contribution >= 4 is 5.91 Å². The lowest BCUT2D eigenvalue weighted by molar-refractivity contribution is 0.101. The highest BCUT2D eigenvalue weighted by molar-refractivity contribution is 6.00. The summed E-state index contributed by atoms with van der Waals surface area (Å²) in [5, 5.41) is 4.06. The van der Waals surface area contributed by atoms with E-state index in [0.29, 0.717) is 5.56 Å². The van der Waals surface area contributed by atoms with Crippen LogP contribution in [0, 0.1) is 13.8 Å². The van der Waals surface area contributed by atoms with Gasteiger partial charge in [0, 0.05) is 17.0 Å². The fraction of sp³-hybridized carbons (Fsp3) is 0.133. The Labute approximate surface area is 122 Å². The van der Waals surface area contributed by atoms with Gasteiger partial charge in [-0.2, -0.15) is 5.10 Å². The van der Waals surface area contributed by atoms with E-state index in [-0.39, 0.29) is 5.91 Å². The number of nitrogens with zero attached hydrogens (tertiary/aromatic N) is 4. The first-order valence-corrected chi connectivity index (χ1v) is 6.56. The van der Waals surface area contributed by atoms with E-state index in [1.165, 1.54) is 6.33 Å². The van der Waals surface area contributed by atoms with Gasteiger partial charge in [-0.05, 0) is 44.2 Å². The smallest absolute Gasteiger partial charge is 0.267 e. The standard InChI is InChI=1S/C15H15N5O/c1-11-6-7-12(2)20(11)18-15(21)13-4-3-5-14(8-13)19-10-16-9-17-19/h3-10H,1-2H3,(H,18,21). The number of aryl methyl sites for hydroxylation is 2. The highest BCUT2D eigenvalue weighted by Gasteiger charge is 2.10. The summed E-state index contributed by atoms with van der Waals surface area (Å²) >= 11 is 0. The van der Waals surface area contributed by atoms with Gasteiger partial charge in [0.05, 0.1) is 5.69 Å². The van der Waals surface area contributed by atoms with E-state index in [4.69, 9.17) is 0 Å². The van der Waals surface area contributed by atoms with Crippen molar-refractivity contribution in [3.05, 3.63) is 66.0 Å². The zero-order valence-corrected chi connectivity index (χ0v) is 11.8. The number of hydrogen-bond donors (Lipinski definition) is 1. The van der Waals surface area contributed by atoms with E-state index in [9.17, 15) is 4.79 Å². The zero-order valence-electron chi connectivity index (χ0n) is 11.8. The number of carbonyl (C=O) groups excluding carboxylic acids is 1. The summed E-state index contributed by atoms with van der Waals surface area (Å²) in [6, 6.07) is 11.2. The third kappa shape index (κ3) is 2.55. The lowest BCUT2D eigenvalue weighted by Crippen LogP contribution is -2.24. The fourth-order valence-electron chi connectivity index (χ4n) is 2.14. The predicted octanol–water partition coefficient (Wildman–Crippen LogP) is 2.07. The van der Waals surface area contributed by atoms with E-state index in [1.807, 2.05) is 38.1 Å². The Bertz CT molecular complexity index is 754. The predicted molar refractivity (Wildman–Crippen MR) is 79.0 cm³/mol. The normalized spacial score (nSPS) is 10.6. The molecular weight excluding hydrogens is 266 g/mol. The second-order valence-corrected chi connectivity index (χ2v) is 4.78. The highest BCUT2D eigenvalue weighted by Crippen LogP contribution is 2.11. The minimum absolute atomic E-state index is 0.167. The molecule has 0 aliphatic carbocycles. The van der Waals surface area contributed by atoms with Crippen LogP contribution >= 0.6 is 0 Å². The molecule has 0 bridgehead atoms. The first kappa shape index (κ1) is 13.1. The van der Waals surface area contributed by atoms with Crippen LogP contribution in [-0.4, -0.2) is 25.3 Å². The topological polar surface area (TPSA) is 64.7 Å². The summed E-state index contributed by atoms with van der Waals surface area (Å²) in [5.41, 5.74) is 6.20. The van der Waals surface area contributed by atoms with Crippen LogP contribution in [0.3, 0.4) is 0 Å². The van der Waals surface area contributed by atoms with Crippen LogP contribution in [0.25, 0.3) is 5.69 Å². The molecule has 3 rings (SSSR count). The molecule has 6 nitrogen and oxygen atoms in total. The molecule has 0 radical (unpaired) electrons. The summed E-state index contributed by atoms with van der Waals surface area (Å²) in [7, 11) is 0. The second-order valence-electron chi connectivity index (χ2n) is 4.78. The molecule has 0 saturated carbocycles. The van der Waals surface area contributed by atoms with Crippen LogP contribution in [-0.2, 0) is 0 Å². The van der Waals surface area contributed by atoms with Crippen molar-refractivity contribution in [3.8, 4) is 5.69 Å². The van der Waals surface area contributed by atoms with Gasteiger partial charge in [0.1, 0.15) is 12.7 Å². The minimum Gasteiger partial charge on any atom is -0.267 e.